The van der Waals surface area contributed by atoms with Gasteiger partial charge in [0, 0.05) is 12.2 Å². The number of thioether (sulfide) groups is 1. The summed E-state index contributed by atoms with van der Waals surface area (Å²) in [6, 6.07) is 15.1. The molecule has 3 aromatic rings. The van der Waals surface area contributed by atoms with Gasteiger partial charge < -0.3 is 9.47 Å². The monoisotopic (exact) mass is 395 g/mol. The van der Waals surface area contributed by atoms with E-state index in [9.17, 15) is 4.79 Å². The molecule has 0 aliphatic heterocycles. The van der Waals surface area contributed by atoms with E-state index in [-0.39, 0.29) is 5.56 Å². The Bertz CT molecular complexity index is 1070. The van der Waals surface area contributed by atoms with Crippen LogP contribution in [0, 0.1) is 11.3 Å². The van der Waals surface area contributed by atoms with Gasteiger partial charge in [0.25, 0.3) is 5.56 Å². The van der Waals surface area contributed by atoms with Gasteiger partial charge in [0.05, 0.1) is 37.7 Å². The van der Waals surface area contributed by atoms with Crippen LogP contribution < -0.4 is 15.0 Å². The molecule has 0 unspecified atom stereocenters. The predicted molar refractivity (Wildman–Crippen MR) is 110 cm³/mol. The number of benzene rings is 2. The highest BCUT2D eigenvalue weighted by Gasteiger charge is 2.13. The van der Waals surface area contributed by atoms with Crippen molar-refractivity contribution in [1.82, 2.24) is 9.55 Å². The van der Waals surface area contributed by atoms with Crippen LogP contribution in [0.1, 0.15) is 18.4 Å². The van der Waals surface area contributed by atoms with Gasteiger partial charge >= 0.3 is 0 Å². The minimum Gasteiger partial charge on any atom is -0.493 e. The minimum atomic E-state index is -0.0804. The first-order valence-corrected chi connectivity index (χ1v) is 9.86. The molecule has 0 fully saturated rings. The van der Waals surface area contributed by atoms with Gasteiger partial charge in [-0.1, -0.05) is 30.0 Å². The van der Waals surface area contributed by atoms with Crippen molar-refractivity contribution < 1.29 is 9.47 Å². The standard InChI is InChI=1S/C21H21N3O3S/c1-26-18-10-9-15(13-19(18)27-2)14-24-20(25)16-7-3-4-8-17(16)23-21(24)28-12-6-5-11-22/h3-4,7-10,13H,5-6,12,14H2,1-2H3. The third-order valence-corrected chi connectivity index (χ3v) is 5.34. The summed E-state index contributed by atoms with van der Waals surface area (Å²) < 4.78 is 12.3. The van der Waals surface area contributed by atoms with E-state index >= 15 is 0 Å². The van der Waals surface area contributed by atoms with Crippen molar-refractivity contribution in [2.75, 3.05) is 20.0 Å². The Hall–Kier alpha value is -2.98. The summed E-state index contributed by atoms with van der Waals surface area (Å²) >= 11 is 1.50. The molecular formula is C21H21N3O3S. The lowest BCUT2D eigenvalue weighted by Crippen LogP contribution is -2.24. The highest BCUT2D eigenvalue weighted by atomic mass is 32.2. The Morgan fingerprint density at radius 1 is 1.14 bits per heavy atom. The number of nitriles is 1. The van der Waals surface area contributed by atoms with E-state index in [1.165, 1.54) is 11.8 Å². The highest BCUT2D eigenvalue weighted by Crippen LogP contribution is 2.28. The largest absolute Gasteiger partial charge is 0.493 e. The smallest absolute Gasteiger partial charge is 0.262 e. The maximum absolute atomic E-state index is 13.1. The molecule has 1 aromatic heterocycles. The first-order chi connectivity index (χ1) is 13.7. The van der Waals surface area contributed by atoms with Crippen molar-refractivity contribution in [1.29, 1.82) is 5.26 Å². The van der Waals surface area contributed by atoms with Gasteiger partial charge in [-0.05, 0) is 36.2 Å². The Morgan fingerprint density at radius 2 is 1.93 bits per heavy atom. The van der Waals surface area contributed by atoms with Crippen LogP contribution in [0.5, 0.6) is 11.5 Å². The van der Waals surface area contributed by atoms with E-state index in [0.29, 0.717) is 40.5 Å². The van der Waals surface area contributed by atoms with Gasteiger partial charge in [-0.25, -0.2) is 4.98 Å². The number of hydrogen-bond acceptors (Lipinski definition) is 6. The molecule has 1 heterocycles. The zero-order valence-electron chi connectivity index (χ0n) is 15.8. The second kappa shape index (κ2) is 9.29. The summed E-state index contributed by atoms with van der Waals surface area (Å²) in [6.45, 7) is 0.373. The summed E-state index contributed by atoms with van der Waals surface area (Å²) in [6.07, 6.45) is 1.24. The number of aromatic nitrogens is 2. The molecule has 2 aromatic carbocycles. The van der Waals surface area contributed by atoms with E-state index in [4.69, 9.17) is 19.7 Å². The molecule has 0 aliphatic carbocycles. The molecular weight excluding hydrogens is 374 g/mol. The highest BCUT2D eigenvalue weighted by molar-refractivity contribution is 7.99. The molecule has 0 bridgehead atoms. The Kier molecular flexibility index (Phi) is 6.56. The van der Waals surface area contributed by atoms with Crippen molar-refractivity contribution in [2.24, 2.45) is 0 Å². The van der Waals surface area contributed by atoms with Crippen LogP contribution in [-0.2, 0) is 6.54 Å². The van der Waals surface area contributed by atoms with Crippen LogP contribution in [0.15, 0.2) is 52.4 Å². The number of nitrogens with zero attached hydrogens (tertiary/aromatic N) is 3. The topological polar surface area (TPSA) is 77.1 Å². The average Bonchev–Trinajstić information content (AvgIpc) is 2.73. The lowest BCUT2D eigenvalue weighted by Gasteiger charge is -2.14. The third kappa shape index (κ3) is 4.29. The fraction of sp³-hybridized carbons (Fsp3) is 0.286. The molecule has 28 heavy (non-hydrogen) atoms. The SMILES string of the molecule is COc1ccc(Cn2c(SCCCC#N)nc3ccccc3c2=O)cc1OC. The molecule has 3 rings (SSSR count). The van der Waals surface area contributed by atoms with E-state index in [1.54, 1.807) is 24.9 Å². The molecule has 144 valence electrons. The molecule has 0 saturated carbocycles. The van der Waals surface area contributed by atoms with Gasteiger partial charge in [-0.3, -0.25) is 9.36 Å². The molecule has 0 saturated heterocycles. The lowest BCUT2D eigenvalue weighted by atomic mass is 10.2. The zero-order chi connectivity index (χ0) is 19.9. The number of fused-ring (bicyclic) bond motifs is 1. The van der Waals surface area contributed by atoms with Gasteiger partial charge in [-0.15, -0.1) is 0 Å². The quantitative estimate of drug-likeness (QED) is 0.327. The van der Waals surface area contributed by atoms with Gasteiger partial charge in [0.15, 0.2) is 16.7 Å². The van der Waals surface area contributed by atoms with Crippen LogP contribution in [0.4, 0.5) is 0 Å². The summed E-state index contributed by atoms with van der Waals surface area (Å²) in [7, 11) is 3.17. The van der Waals surface area contributed by atoms with E-state index < -0.39 is 0 Å². The second-order valence-electron chi connectivity index (χ2n) is 6.10. The molecule has 0 radical (unpaired) electrons. The van der Waals surface area contributed by atoms with Crippen molar-refractivity contribution in [3.8, 4) is 17.6 Å². The number of hydrogen-bond donors (Lipinski definition) is 0. The van der Waals surface area contributed by atoms with Crippen molar-refractivity contribution in [3.05, 3.63) is 58.4 Å². The maximum Gasteiger partial charge on any atom is 0.262 e. The molecule has 7 heteroatoms. The summed E-state index contributed by atoms with van der Waals surface area (Å²) in [4.78, 5) is 17.8. The van der Waals surface area contributed by atoms with Gasteiger partial charge in [0.1, 0.15) is 0 Å². The van der Waals surface area contributed by atoms with Crippen LogP contribution in [0.2, 0.25) is 0 Å². The maximum atomic E-state index is 13.1. The first kappa shape index (κ1) is 19.8. The summed E-state index contributed by atoms with van der Waals surface area (Å²) in [5.41, 5.74) is 1.51. The number of ether oxygens (including phenoxy) is 2. The number of rotatable bonds is 8. The fourth-order valence-corrected chi connectivity index (χ4v) is 3.81. The number of para-hydroxylation sites is 1. The molecule has 0 spiro atoms. The molecule has 0 amide bonds. The van der Waals surface area contributed by atoms with Gasteiger partial charge in [0.2, 0.25) is 0 Å². The summed E-state index contributed by atoms with van der Waals surface area (Å²) in [5.74, 6) is 1.98. The Labute approximate surface area is 167 Å². The average molecular weight is 395 g/mol. The second-order valence-corrected chi connectivity index (χ2v) is 7.16. The van der Waals surface area contributed by atoms with Crippen LogP contribution in [0.25, 0.3) is 10.9 Å². The van der Waals surface area contributed by atoms with Gasteiger partial charge in [-0.2, -0.15) is 5.26 Å². The van der Waals surface area contributed by atoms with Crippen LogP contribution >= 0.6 is 11.8 Å². The predicted octanol–water partition coefficient (Wildman–Crippen LogP) is 3.86. The Balaban J connectivity index is 2.01. The van der Waals surface area contributed by atoms with Crippen molar-refractivity contribution >= 4 is 22.7 Å². The normalized spacial score (nSPS) is 10.6. The molecule has 0 atom stereocenters. The molecule has 6 nitrogen and oxygen atoms in total. The molecule has 0 aliphatic rings. The van der Waals surface area contributed by atoms with E-state index in [0.717, 1.165) is 17.7 Å². The van der Waals surface area contributed by atoms with Crippen molar-refractivity contribution in [3.63, 3.8) is 0 Å². The van der Waals surface area contributed by atoms with E-state index in [2.05, 4.69) is 6.07 Å². The third-order valence-electron chi connectivity index (χ3n) is 4.28. The first-order valence-electron chi connectivity index (χ1n) is 8.88. The van der Waals surface area contributed by atoms with Crippen LogP contribution in [0.3, 0.4) is 0 Å². The number of unbranched alkanes of at least 4 members (excludes halogenated alkanes) is 1. The molecule has 0 N–H and O–H groups in total. The lowest BCUT2D eigenvalue weighted by molar-refractivity contribution is 0.354. The van der Waals surface area contributed by atoms with Crippen molar-refractivity contribution in [2.45, 2.75) is 24.5 Å². The number of methoxy groups -OCH3 is 2. The van der Waals surface area contributed by atoms with Crippen LogP contribution in [-0.4, -0.2) is 29.5 Å². The Morgan fingerprint density at radius 3 is 2.68 bits per heavy atom. The summed E-state index contributed by atoms with van der Waals surface area (Å²) in [5, 5.41) is 9.98. The van der Waals surface area contributed by atoms with E-state index in [1.807, 2.05) is 36.4 Å². The zero-order valence-corrected chi connectivity index (χ0v) is 16.7. The minimum absolute atomic E-state index is 0.0804. The fourth-order valence-electron chi connectivity index (χ4n) is 2.87.